The van der Waals surface area contributed by atoms with Gasteiger partial charge in [-0.1, -0.05) is 24.3 Å². The highest BCUT2D eigenvalue weighted by Crippen LogP contribution is 2.33. The normalized spacial score (nSPS) is 17.9. The van der Waals surface area contributed by atoms with Crippen LogP contribution in [0.1, 0.15) is 29.8 Å². The van der Waals surface area contributed by atoms with Crippen molar-refractivity contribution in [1.82, 2.24) is 19.6 Å². The molecule has 226 valence electrons. The van der Waals surface area contributed by atoms with Crippen LogP contribution in [0.5, 0.6) is 0 Å². The predicted molar refractivity (Wildman–Crippen MR) is 150 cm³/mol. The topological polar surface area (TPSA) is 129 Å². The number of rotatable bonds is 8. The van der Waals surface area contributed by atoms with Gasteiger partial charge in [0.15, 0.2) is 0 Å². The lowest BCUT2D eigenvalue weighted by Gasteiger charge is -2.26. The molecule has 1 amide bonds. The molecule has 0 saturated carbocycles. The second kappa shape index (κ2) is 12.7. The summed E-state index contributed by atoms with van der Waals surface area (Å²) in [5.74, 6) is -1.71. The number of nitrogens with zero attached hydrogens (tertiary/aromatic N) is 5. The van der Waals surface area contributed by atoms with Crippen LogP contribution >= 0.6 is 0 Å². The van der Waals surface area contributed by atoms with Crippen LogP contribution in [0.25, 0.3) is 11.3 Å². The number of carbonyl (C=O) groups is 1. The Labute approximate surface area is 247 Å². The fourth-order valence-corrected chi connectivity index (χ4v) is 6.51. The average Bonchev–Trinajstić information content (AvgIpc) is 3.52. The van der Waals surface area contributed by atoms with Crippen LogP contribution < -0.4 is 10.2 Å². The number of nitrogens with one attached hydrogen (secondary N) is 1. The molecule has 10 nitrogen and oxygen atoms in total. The number of aromatic nitrogens is 2. The van der Waals surface area contributed by atoms with Crippen molar-refractivity contribution in [3.63, 3.8) is 0 Å². The zero-order valence-corrected chi connectivity index (χ0v) is 23.9. The minimum Gasteiger partial charge on any atom is -0.379 e. The van der Waals surface area contributed by atoms with E-state index in [1.54, 1.807) is 29.2 Å². The molecule has 0 spiro atoms. The van der Waals surface area contributed by atoms with E-state index in [2.05, 4.69) is 15.3 Å². The van der Waals surface area contributed by atoms with Crippen LogP contribution in [0, 0.1) is 11.3 Å². The molecule has 2 aliphatic heterocycles. The Morgan fingerprint density at radius 1 is 1.05 bits per heavy atom. The number of nitriles is 1. The Morgan fingerprint density at radius 2 is 1.74 bits per heavy atom. The molecular weight excluding hydrogens is 585 g/mol. The van der Waals surface area contributed by atoms with Gasteiger partial charge in [-0.05, 0) is 49.1 Å². The fourth-order valence-electron chi connectivity index (χ4n) is 5.10. The van der Waals surface area contributed by atoms with Gasteiger partial charge in [-0.2, -0.15) is 22.7 Å². The summed E-state index contributed by atoms with van der Waals surface area (Å²) in [6.45, 7) is 1.65. The van der Waals surface area contributed by atoms with Gasteiger partial charge >= 0.3 is 6.18 Å². The number of hydrogen-bond donors (Lipinski definition) is 1. The van der Waals surface area contributed by atoms with E-state index in [4.69, 9.17) is 10.00 Å². The van der Waals surface area contributed by atoms with Crippen molar-refractivity contribution >= 4 is 21.7 Å². The van der Waals surface area contributed by atoms with Crippen molar-refractivity contribution in [2.75, 3.05) is 44.3 Å². The summed E-state index contributed by atoms with van der Waals surface area (Å²) in [5, 5.41) is 11.8. The number of sulfonamides is 1. The van der Waals surface area contributed by atoms with Crippen molar-refractivity contribution in [2.24, 2.45) is 0 Å². The van der Waals surface area contributed by atoms with E-state index in [-0.39, 0.29) is 54.2 Å². The number of anilines is 1. The quantitative estimate of drug-likeness (QED) is 0.409. The minimum absolute atomic E-state index is 0.0146. The predicted octanol–water partition coefficient (Wildman–Crippen LogP) is 3.38. The van der Waals surface area contributed by atoms with Gasteiger partial charge in [-0.15, -0.1) is 0 Å². The van der Waals surface area contributed by atoms with Crippen molar-refractivity contribution in [3.05, 3.63) is 71.5 Å². The number of ether oxygens (including phenoxy) is 1. The zero-order valence-electron chi connectivity index (χ0n) is 23.0. The second-order valence-electron chi connectivity index (χ2n) is 10.2. The third-order valence-electron chi connectivity index (χ3n) is 7.37. The minimum atomic E-state index is -4.84. The molecule has 0 aliphatic carbocycles. The maximum absolute atomic E-state index is 13.9. The summed E-state index contributed by atoms with van der Waals surface area (Å²) >= 11 is 0. The molecule has 2 saturated heterocycles. The molecule has 5 rings (SSSR count). The molecule has 3 aromatic rings. The number of carbonyl (C=O) groups excluding carboxylic acids is 1. The number of amides is 1. The molecule has 1 aromatic heterocycles. The first-order valence-corrected chi connectivity index (χ1v) is 15.2. The third kappa shape index (κ3) is 6.96. The van der Waals surface area contributed by atoms with Gasteiger partial charge in [0, 0.05) is 37.8 Å². The largest absolute Gasteiger partial charge is 0.451 e. The monoisotopic (exact) mass is 614 g/mol. The lowest BCUT2D eigenvalue weighted by atomic mass is 10.1. The molecule has 3 heterocycles. The van der Waals surface area contributed by atoms with Crippen molar-refractivity contribution in [3.8, 4) is 17.3 Å². The van der Waals surface area contributed by atoms with Crippen molar-refractivity contribution in [2.45, 2.75) is 36.4 Å². The lowest BCUT2D eigenvalue weighted by Crippen LogP contribution is -2.44. The van der Waals surface area contributed by atoms with Gasteiger partial charge in [-0.3, -0.25) is 4.79 Å². The van der Waals surface area contributed by atoms with Crippen LogP contribution in [0.4, 0.5) is 19.0 Å². The van der Waals surface area contributed by atoms with Crippen LogP contribution in [0.2, 0.25) is 0 Å². The van der Waals surface area contributed by atoms with Gasteiger partial charge < -0.3 is 15.0 Å². The summed E-state index contributed by atoms with van der Waals surface area (Å²) < 4.78 is 74.1. The number of morpholine rings is 1. The number of hydrogen-bond acceptors (Lipinski definition) is 8. The van der Waals surface area contributed by atoms with Crippen molar-refractivity contribution in [1.29, 1.82) is 5.26 Å². The molecule has 0 unspecified atom stereocenters. The first-order valence-electron chi connectivity index (χ1n) is 13.7. The van der Waals surface area contributed by atoms with Crippen LogP contribution in [0.15, 0.2) is 59.5 Å². The van der Waals surface area contributed by atoms with Gasteiger partial charge in [0.1, 0.15) is 11.9 Å². The highest BCUT2D eigenvalue weighted by Gasteiger charge is 2.38. The molecule has 43 heavy (non-hydrogen) atoms. The molecule has 0 bridgehead atoms. The van der Waals surface area contributed by atoms with Gasteiger partial charge in [0.05, 0.1) is 35.4 Å². The van der Waals surface area contributed by atoms with E-state index < -0.39 is 28.1 Å². The van der Waals surface area contributed by atoms with Crippen molar-refractivity contribution < 1.29 is 31.1 Å². The molecule has 2 fully saturated rings. The number of alkyl halides is 3. The van der Waals surface area contributed by atoms with Gasteiger partial charge in [0.25, 0.3) is 0 Å². The first-order chi connectivity index (χ1) is 20.6. The van der Waals surface area contributed by atoms with E-state index in [9.17, 15) is 26.4 Å². The molecule has 1 N–H and O–H groups in total. The molecule has 14 heteroatoms. The Morgan fingerprint density at radius 3 is 2.40 bits per heavy atom. The second-order valence-corrected chi connectivity index (χ2v) is 12.1. The van der Waals surface area contributed by atoms with E-state index in [0.717, 1.165) is 5.56 Å². The summed E-state index contributed by atoms with van der Waals surface area (Å²) in [6.07, 6.45) is -3.29. The molecule has 0 radical (unpaired) electrons. The van der Waals surface area contributed by atoms with E-state index in [1.165, 1.54) is 34.6 Å². The summed E-state index contributed by atoms with van der Waals surface area (Å²) in [7, 11) is -3.78. The maximum atomic E-state index is 13.9. The van der Waals surface area contributed by atoms with Crippen LogP contribution in [-0.2, 0) is 32.2 Å². The van der Waals surface area contributed by atoms with Crippen LogP contribution in [0.3, 0.4) is 0 Å². The lowest BCUT2D eigenvalue weighted by molar-refractivity contribution is -0.144. The summed E-state index contributed by atoms with van der Waals surface area (Å²) in [5.41, 5.74) is 1.70. The zero-order chi connectivity index (χ0) is 30.6. The van der Waals surface area contributed by atoms with E-state index in [1.807, 2.05) is 6.07 Å². The average molecular weight is 615 g/mol. The first kappa shape index (κ1) is 30.4. The Hall–Kier alpha value is -4.06. The molecule has 2 aromatic carbocycles. The third-order valence-corrected chi connectivity index (χ3v) is 9.28. The maximum Gasteiger partial charge on any atom is 0.451 e. The molecular formula is C29H29F3N6O4S. The Kier molecular flexibility index (Phi) is 8.95. The Balaban J connectivity index is 1.35. The van der Waals surface area contributed by atoms with Gasteiger partial charge in [0.2, 0.25) is 21.8 Å². The fraction of sp³-hybridized carbons (Fsp3) is 0.379. The standard InChI is InChI=1S/C29H29F3N6O4S/c30-29(31,32)28-35-24(22-7-9-23(10-8-22)43(40,41)37-14-16-42-17-15-37)18-26(36-28)38-13-1-2-25(38)27(39)34-12-11-20-3-5-21(19-33)6-4-20/h3-10,18,25H,1-2,11-17H2,(H,34,39)/t25-/m0/s1. The SMILES string of the molecule is N#Cc1ccc(CCNC(=O)[C@@H]2CCCN2c2cc(-c3ccc(S(=O)(=O)N4CCOCC4)cc3)nc(C(F)(F)F)n2)cc1. The van der Waals surface area contributed by atoms with E-state index >= 15 is 0 Å². The highest BCUT2D eigenvalue weighted by atomic mass is 32.2. The molecule has 2 aliphatic rings. The number of benzene rings is 2. The van der Waals surface area contributed by atoms with Gasteiger partial charge in [-0.25, -0.2) is 18.4 Å². The molecule has 1 atom stereocenters. The summed E-state index contributed by atoms with van der Waals surface area (Å²) in [4.78, 5) is 22.2. The highest BCUT2D eigenvalue weighted by molar-refractivity contribution is 7.89. The Bertz CT molecular complexity index is 1600. The number of halogens is 3. The van der Waals surface area contributed by atoms with Crippen LogP contribution in [-0.4, -0.2) is 74.0 Å². The smallest absolute Gasteiger partial charge is 0.379 e. The summed E-state index contributed by atoms with van der Waals surface area (Å²) in [6, 6.07) is 15.2. The van der Waals surface area contributed by atoms with E-state index in [0.29, 0.717) is 37.9 Å².